The lowest BCUT2D eigenvalue weighted by atomic mass is 10.2. The molecule has 2 aromatic rings. The molecule has 0 fully saturated rings. The highest BCUT2D eigenvalue weighted by Gasteiger charge is 2.20. The van der Waals surface area contributed by atoms with E-state index in [1.807, 2.05) is 0 Å². The Balaban J connectivity index is 1.98. The second-order valence-electron chi connectivity index (χ2n) is 6.38. The summed E-state index contributed by atoms with van der Waals surface area (Å²) in [4.78, 5) is 24.3. The molecule has 9 heteroatoms. The Labute approximate surface area is 163 Å². The first-order chi connectivity index (χ1) is 13.1. The van der Waals surface area contributed by atoms with E-state index in [4.69, 9.17) is 4.74 Å². The third-order valence-electron chi connectivity index (χ3n) is 3.58. The predicted octanol–water partition coefficient (Wildman–Crippen LogP) is 2.26. The topological polar surface area (TPSA) is 122 Å². The van der Waals surface area contributed by atoms with Gasteiger partial charge in [0.05, 0.1) is 10.5 Å². The molecule has 8 nitrogen and oxygen atoms in total. The van der Waals surface area contributed by atoms with Gasteiger partial charge in [0.1, 0.15) is 5.75 Å². The summed E-state index contributed by atoms with van der Waals surface area (Å²) in [5, 5.41) is 11.8. The predicted molar refractivity (Wildman–Crippen MR) is 104 cm³/mol. The van der Waals surface area contributed by atoms with Gasteiger partial charge >= 0.3 is 5.97 Å². The van der Waals surface area contributed by atoms with Crippen LogP contribution in [0.3, 0.4) is 0 Å². The van der Waals surface area contributed by atoms with Gasteiger partial charge in [-0.25, -0.2) is 17.9 Å². The summed E-state index contributed by atoms with van der Waals surface area (Å²) in [6.07, 6.45) is -1.08. The second kappa shape index (κ2) is 8.85. The third kappa shape index (κ3) is 5.80. The maximum Gasteiger partial charge on any atom is 0.338 e. The van der Waals surface area contributed by atoms with Gasteiger partial charge in [0.2, 0.25) is 10.0 Å². The fourth-order valence-electron chi connectivity index (χ4n) is 2.22. The summed E-state index contributed by atoms with van der Waals surface area (Å²) in [7, 11) is -3.62. The van der Waals surface area contributed by atoms with Crippen LogP contribution in [0.15, 0.2) is 53.4 Å². The number of phenolic OH excluding ortho intramolecular Hbond substituents is 1. The summed E-state index contributed by atoms with van der Waals surface area (Å²) >= 11 is 0. The number of nitrogens with one attached hydrogen (secondary N) is 2. The molecule has 0 bridgehead atoms. The zero-order valence-corrected chi connectivity index (χ0v) is 16.5. The summed E-state index contributed by atoms with van der Waals surface area (Å²) in [6.45, 7) is 4.85. The van der Waals surface area contributed by atoms with Crippen molar-refractivity contribution in [2.45, 2.75) is 37.8 Å². The lowest BCUT2D eigenvalue weighted by molar-refractivity contribution is -0.123. The molecule has 0 heterocycles. The Hall–Kier alpha value is -2.91. The van der Waals surface area contributed by atoms with Crippen LogP contribution in [0.1, 0.15) is 31.1 Å². The van der Waals surface area contributed by atoms with Crippen LogP contribution in [0.5, 0.6) is 5.75 Å². The molecular weight excluding hydrogens is 384 g/mol. The summed E-state index contributed by atoms with van der Waals surface area (Å²) < 4.78 is 31.7. The zero-order chi connectivity index (χ0) is 20.9. The molecule has 0 unspecified atom stereocenters. The van der Waals surface area contributed by atoms with E-state index in [1.165, 1.54) is 55.5 Å². The van der Waals surface area contributed by atoms with E-state index in [0.717, 1.165) is 0 Å². The van der Waals surface area contributed by atoms with Crippen molar-refractivity contribution in [3.05, 3.63) is 54.1 Å². The largest absolute Gasteiger partial charge is 0.508 e. The number of rotatable bonds is 7. The summed E-state index contributed by atoms with van der Waals surface area (Å²) in [5.74, 6) is -1.26. The standard InChI is InChI=1S/C19H22N2O6S/c1-12(2)21-28(25,26)17-10-6-15(7-11-17)20-18(23)13(3)27-19(24)14-4-8-16(22)9-5-14/h4-13,21-22H,1-3H3,(H,20,23)/t13-/m1/s1. The smallest absolute Gasteiger partial charge is 0.338 e. The van der Waals surface area contributed by atoms with E-state index in [-0.39, 0.29) is 22.3 Å². The minimum absolute atomic E-state index is 0.0106. The normalized spacial score (nSPS) is 12.4. The van der Waals surface area contributed by atoms with E-state index >= 15 is 0 Å². The molecule has 2 aromatic carbocycles. The maximum atomic E-state index is 12.2. The molecule has 3 N–H and O–H groups in total. The molecule has 0 spiro atoms. The van der Waals surface area contributed by atoms with Gasteiger partial charge in [-0.05, 0) is 69.3 Å². The Morgan fingerprint density at radius 3 is 2.07 bits per heavy atom. The van der Waals surface area contributed by atoms with Crippen LogP contribution in [0.4, 0.5) is 5.69 Å². The van der Waals surface area contributed by atoms with Gasteiger partial charge in [0, 0.05) is 11.7 Å². The fraction of sp³-hybridized carbons (Fsp3) is 0.263. The number of phenols is 1. The minimum Gasteiger partial charge on any atom is -0.508 e. The first kappa shape index (κ1) is 21.4. The molecule has 0 aromatic heterocycles. The first-order valence-corrected chi connectivity index (χ1v) is 10.00. The van der Waals surface area contributed by atoms with E-state index in [0.29, 0.717) is 5.69 Å². The number of aromatic hydroxyl groups is 1. The highest BCUT2D eigenvalue weighted by Crippen LogP contribution is 2.16. The van der Waals surface area contributed by atoms with Crippen LogP contribution in [-0.4, -0.2) is 37.5 Å². The number of hydrogen-bond donors (Lipinski definition) is 3. The number of anilines is 1. The van der Waals surface area contributed by atoms with Crippen molar-refractivity contribution in [2.75, 3.05) is 5.32 Å². The van der Waals surface area contributed by atoms with Crippen LogP contribution in [0.2, 0.25) is 0 Å². The summed E-state index contributed by atoms with van der Waals surface area (Å²) in [5.41, 5.74) is 0.561. The number of benzene rings is 2. The summed E-state index contributed by atoms with van der Waals surface area (Å²) in [6, 6.07) is 10.8. The van der Waals surface area contributed by atoms with Crippen molar-refractivity contribution in [1.29, 1.82) is 0 Å². The highest BCUT2D eigenvalue weighted by molar-refractivity contribution is 7.89. The average Bonchev–Trinajstić information content (AvgIpc) is 2.61. The number of carbonyl (C=O) groups excluding carboxylic acids is 2. The van der Waals surface area contributed by atoms with Crippen molar-refractivity contribution in [3.63, 3.8) is 0 Å². The number of hydrogen-bond acceptors (Lipinski definition) is 6. The Kier molecular flexibility index (Phi) is 6.76. The molecule has 0 aliphatic heterocycles. The average molecular weight is 406 g/mol. The Morgan fingerprint density at radius 2 is 1.54 bits per heavy atom. The minimum atomic E-state index is -3.62. The van der Waals surface area contributed by atoms with Gasteiger partial charge in [-0.15, -0.1) is 0 Å². The van der Waals surface area contributed by atoms with Crippen molar-refractivity contribution < 1.29 is 27.9 Å². The molecule has 1 atom stereocenters. The van der Waals surface area contributed by atoms with Gasteiger partial charge in [0.25, 0.3) is 5.91 Å². The van der Waals surface area contributed by atoms with Gasteiger partial charge in [0.15, 0.2) is 6.10 Å². The van der Waals surface area contributed by atoms with Crippen LogP contribution < -0.4 is 10.0 Å². The molecule has 1 amide bonds. The molecule has 0 saturated heterocycles. The molecule has 0 aliphatic rings. The Bertz CT molecular complexity index is 937. The van der Waals surface area contributed by atoms with Gasteiger partial charge < -0.3 is 15.2 Å². The van der Waals surface area contributed by atoms with Crippen molar-refractivity contribution in [3.8, 4) is 5.75 Å². The number of carbonyl (C=O) groups is 2. The molecule has 0 radical (unpaired) electrons. The second-order valence-corrected chi connectivity index (χ2v) is 8.10. The van der Waals surface area contributed by atoms with Crippen molar-refractivity contribution in [2.24, 2.45) is 0 Å². The fourth-order valence-corrected chi connectivity index (χ4v) is 3.47. The van der Waals surface area contributed by atoms with Gasteiger partial charge in [-0.3, -0.25) is 4.79 Å². The van der Waals surface area contributed by atoms with Crippen LogP contribution >= 0.6 is 0 Å². The number of sulfonamides is 1. The van der Waals surface area contributed by atoms with E-state index in [2.05, 4.69) is 10.0 Å². The van der Waals surface area contributed by atoms with Crippen molar-refractivity contribution in [1.82, 2.24) is 4.72 Å². The molecule has 2 rings (SSSR count). The zero-order valence-electron chi connectivity index (χ0n) is 15.7. The monoisotopic (exact) mass is 406 g/mol. The Morgan fingerprint density at radius 1 is 0.964 bits per heavy atom. The quantitative estimate of drug-likeness (QED) is 0.607. The lowest BCUT2D eigenvalue weighted by Crippen LogP contribution is -2.30. The van der Waals surface area contributed by atoms with E-state index in [9.17, 15) is 23.1 Å². The van der Waals surface area contributed by atoms with E-state index < -0.39 is 28.0 Å². The van der Waals surface area contributed by atoms with Crippen LogP contribution in [0.25, 0.3) is 0 Å². The maximum absolute atomic E-state index is 12.2. The number of esters is 1. The van der Waals surface area contributed by atoms with E-state index in [1.54, 1.807) is 13.8 Å². The van der Waals surface area contributed by atoms with Gasteiger partial charge in [-0.2, -0.15) is 0 Å². The number of ether oxygens (including phenoxy) is 1. The lowest BCUT2D eigenvalue weighted by Gasteiger charge is -2.14. The molecular formula is C19H22N2O6S. The first-order valence-electron chi connectivity index (χ1n) is 8.52. The highest BCUT2D eigenvalue weighted by atomic mass is 32.2. The molecule has 28 heavy (non-hydrogen) atoms. The molecule has 0 aliphatic carbocycles. The molecule has 0 saturated carbocycles. The van der Waals surface area contributed by atoms with Crippen LogP contribution in [0, 0.1) is 0 Å². The van der Waals surface area contributed by atoms with Crippen LogP contribution in [-0.2, 0) is 19.6 Å². The third-order valence-corrected chi connectivity index (χ3v) is 5.25. The van der Waals surface area contributed by atoms with Gasteiger partial charge in [-0.1, -0.05) is 0 Å². The SMILES string of the molecule is CC(C)NS(=O)(=O)c1ccc(NC(=O)[C@@H](C)OC(=O)c2ccc(O)cc2)cc1. The number of amides is 1. The van der Waals surface area contributed by atoms with Crippen molar-refractivity contribution >= 4 is 27.6 Å². The molecule has 150 valence electrons.